The lowest BCUT2D eigenvalue weighted by Crippen LogP contribution is -2.45. The zero-order chi connectivity index (χ0) is 27.4. The van der Waals surface area contributed by atoms with Crippen LogP contribution in [-0.4, -0.2) is 62.8 Å². The second-order valence-corrected chi connectivity index (χ2v) is 11.7. The quantitative estimate of drug-likeness (QED) is 0.416. The lowest BCUT2D eigenvalue weighted by molar-refractivity contribution is -0.268. The van der Waals surface area contributed by atoms with Crippen molar-refractivity contribution in [2.24, 2.45) is 0 Å². The molecule has 200 valence electrons. The van der Waals surface area contributed by atoms with Crippen molar-refractivity contribution in [2.75, 3.05) is 18.6 Å². The van der Waals surface area contributed by atoms with E-state index in [2.05, 4.69) is 15.0 Å². The van der Waals surface area contributed by atoms with Gasteiger partial charge < -0.3 is 19.9 Å². The number of rotatable bonds is 9. The molecule has 0 aliphatic carbocycles. The number of esters is 1. The SMILES string of the molecule is COC(=O)[C@H](CCS(=N)(=O)CCC(O)(c1cc2ccccc2cn1)C(F)(F)F)NC(=O)OC(C)(C)C. The van der Waals surface area contributed by atoms with E-state index >= 15 is 0 Å². The van der Waals surface area contributed by atoms with Gasteiger partial charge in [0.2, 0.25) is 5.60 Å². The summed E-state index contributed by atoms with van der Waals surface area (Å²) in [7, 11) is -2.66. The van der Waals surface area contributed by atoms with Gasteiger partial charge in [0.1, 0.15) is 11.6 Å². The van der Waals surface area contributed by atoms with E-state index in [0.717, 1.165) is 13.2 Å². The van der Waals surface area contributed by atoms with Crippen LogP contribution in [0.4, 0.5) is 18.0 Å². The van der Waals surface area contributed by atoms with Gasteiger partial charge in [-0.25, -0.2) is 13.8 Å². The number of methoxy groups -OCH3 is 1. The topological polar surface area (TPSA) is 139 Å². The van der Waals surface area contributed by atoms with Crippen LogP contribution in [0.15, 0.2) is 36.5 Å². The molecule has 1 amide bonds. The van der Waals surface area contributed by atoms with E-state index in [-0.39, 0.29) is 6.42 Å². The van der Waals surface area contributed by atoms with Crippen LogP contribution in [0.2, 0.25) is 0 Å². The number of alkyl halides is 3. The molecule has 1 aromatic heterocycles. The molecule has 0 saturated heterocycles. The number of nitrogens with one attached hydrogen (secondary N) is 2. The summed E-state index contributed by atoms with van der Waals surface area (Å²) < 4.78 is 72.4. The summed E-state index contributed by atoms with van der Waals surface area (Å²) in [5, 5.41) is 13.9. The minimum absolute atomic E-state index is 0.354. The first-order valence-corrected chi connectivity index (χ1v) is 12.8. The molecule has 1 aromatic carbocycles. The van der Waals surface area contributed by atoms with E-state index in [9.17, 15) is 32.1 Å². The number of carbonyl (C=O) groups excluding carboxylic acids is 2. The molecule has 2 unspecified atom stereocenters. The Hall–Kier alpha value is -2.93. The number of halogens is 3. The largest absolute Gasteiger partial charge is 0.467 e. The smallest absolute Gasteiger partial charge is 0.423 e. The molecule has 3 atom stereocenters. The van der Waals surface area contributed by atoms with Crippen LogP contribution < -0.4 is 5.32 Å². The van der Waals surface area contributed by atoms with Gasteiger partial charge >= 0.3 is 18.2 Å². The normalized spacial score (nSPS) is 16.4. The van der Waals surface area contributed by atoms with Crippen molar-refractivity contribution < 1.29 is 41.5 Å². The van der Waals surface area contributed by atoms with Crippen LogP contribution in [-0.2, 0) is 29.6 Å². The number of benzene rings is 1. The van der Waals surface area contributed by atoms with Crippen LogP contribution in [0.5, 0.6) is 0 Å². The van der Waals surface area contributed by atoms with Crippen molar-refractivity contribution in [1.29, 1.82) is 4.78 Å². The van der Waals surface area contributed by atoms with E-state index in [0.29, 0.717) is 10.8 Å². The highest BCUT2D eigenvalue weighted by Crippen LogP contribution is 2.41. The minimum Gasteiger partial charge on any atom is -0.467 e. The Balaban J connectivity index is 2.17. The van der Waals surface area contributed by atoms with E-state index in [1.165, 1.54) is 6.20 Å². The van der Waals surface area contributed by atoms with Crippen molar-refractivity contribution in [1.82, 2.24) is 10.3 Å². The fraction of sp³-hybridized carbons (Fsp3) is 0.522. The zero-order valence-corrected chi connectivity index (χ0v) is 21.2. The van der Waals surface area contributed by atoms with Gasteiger partial charge in [0.25, 0.3) is 0 Å². The summed E-state index contributed by atoms with van der Waals surface area (Å²) in [6.45, 7) is 4.80. The number of amides is 1. The summed E-state index contributed by atoms with van der Waals surface area (Å²) in [6.07, 6.45) is -6.37. The molecule has 1 heterocycles. The average Bonchev–Trinajstić information content (AvgIpc) is 2.77. The molecule has 0 aliphatic rings. The molecular weight excluding hydrogens is 503 g/mol. The van der Waals surface area contributed by atoms with Crippen molar-refractivity contribution in [3.05, 3.63) is 42.2 Å². The monoisotopic (exact) mass is 533 g/mol. The highest BCUT2D eigenvalue weighted by molar-refractivity contribution is 7.92. The second-order valence-electron chi connectivity index (χ2n) is 9.26. The van der Waals surface area contributed by atoms with Gasteiger partial charge in [-0.3, -0.25) is 9.76 Å². The standard InChI is InChI=1S/C23H30F3N3O6S/c1-21(2,3)35-20(31)29-17(19(30)34-4)9-11-36(27,33)12-10-22(32,23(24,25)26)18-13-15-7-5-6-8-16(15)14-28-18/h5-8,13-14,17,27,32H,9-12H2,1-4H3,(H,29,31)/t17-,22?,36?/m0/s1. The van der Waals surface area contributed by atoms with Crippen LogP contribution in [0, 0.1) is 4.78 Å². The summed E-state index contributed by atoms with van der Waals surface area (Å²) in [5.41, 5.74) is -4.99. The lowest BCUT2D eigenvalue weighted by Gasteiger charge is -2.30. The maximum Gasteiger partial charge on any atom is 0.423 e. The van der Waals surface area contributed by atoms with Crippen LogP contribution in [0.25, 0.3) is 10.8 Å². The first-order valence-electron chi connectivity index (χ1n) is 10.9. The number of fused-ring (bicyclic) bond motifs is 1. The summed E-state index contributed by atoms with van der Waals surface area (Å²) in [4.78, 5) is 27.8. The zero-order valence-electron chi connectivity index (χ0n) is 20.3. The maximum absolute atomic E-state index is 13.9. The number of ether oxygens (including phenoxy) is 2. The van der Waals surface area contributed by atoms with E-state index in [1.807, 2.05) is 0 Å². The van der Waals surface area contributed by atoms with Gasteiger partial charge in [0.05, 0.1) is 12.8 Å². The molecule has 2 rings (SSSR count). The number of hydrogen-bond acceptors (Lipinski definition) is 8. The maximum atomic E-state index is 13.9. The molecule has 0 fully saturated rings. The first kappa shape index (κ1) is 29.3. The predicted molar refractivity (Wildman–Crippen MR) is 127 cm³/mol. The van der Waals surface area contributed by atoms with Gasteiger partial charge in [-0.2, -0.15) is 13.2 Å². The fourth-order valence-corrected chi connectivity index (χ4v) is 4.73. The molecule has 0 saturated carbocycles. The Labute approximate surface area is 207 Å². The number of alkyl carbamates (subject to hydrolysis) is 1. The van der Waals surface area contributed by atoms with Gasteiger partial charge in [-0.1, -0.05) is 24.3 Å². The molecular formula is C23H30F3N3O6S. The highest BCUT2D eigenvalue weighted by atomic mass is 32.2. The number of nitrogens with zero attached hydrogens (tertiary/aromatic N) is 1. The minimum atomic E-state index is -5.16. The molecule has 36 heavy (non-hydrogen) atoms. The Morgan fingerprint density at radius 2 is 1.78 bits per heavy atom. The van der Waals surface area contributed by atoms with Crippen molar-refractivity contribution in [2.45, 2.75) is 57.0 Å². The van der Waals surface area contributed by atoms with Crippen molar-refractivity contribution in [3.63, 3.8) is 0 Å². The molecule has 0 spiro atoms. The average molecular weight is 534 g/mol. The third-order valence-electron chi connectivity index (χ3n) is 5.23. The molecule has 0 aliphatic heterocycles. The number of carbonyl (C=O) groups is 2. The summed E-state index contributed by atoms with van der Waals surface area (Å²) in [5.74, 6) is -2.28. The molecule has 0 radical (unpaired) electrons. The van der Waals surface area contributed by atoms with Crippen LogP contribution in [0.1, 0.15) is 39.3 Å². The number of aromatic nitrogens is 1. The Morgan fingerprint density at radius 1 is 1.17 bits per heavy atom. The molecule has 3 N–H and O–H groups in total. The van der Waals surface area contributed by atoms with Crippen LogP contribution >= 0.6 is 0 Å². The second kappa shape index (κ2) is 11.0. The van der Waals surface area contributed by atoms with Gasteiger partial charge in [0, 0.05) is 39.2 Å². The molecule has 0 bridgehead atoms. The number of hydrogen-bond donors (Lipinski definition) is 3. The molecule has 13 heteroatoms. The first-order chi connectivity index (χ1) is 16.5. The third kappa shape index (κ3) is 7.79. The van der Waals surface area contributed by atoms with Crippen LogP contribution in [0.3, 0.4) is 0 Å². The van der Waals surface area contributed by atoms with Gasteiger partial charge in [0.15, 0.2) is 0 Å². The Morgan fingerprint density at radius 3 is 2.33 bits per heavy atom. The number of pyridine rings is 1. The highest BCUT2D eigenvalue weighted by Gasteiger charge is 2.56. The number of aliphatic hydroxyl groups is 1. The lowest BCUT2D eigenvalue weighted by atomic mass is 9.94. The Kier molecular flexibility index (Phi) is 8.95. The van der Waals surface area contributed by atoms with E-state index in [4.69, 9.17) is 9.52 Å². The molecule has 2 aromatic rings. The van der Waals surface area contributed by atoms with Gasteiger partial charge in [-0.15, -0.1) is 0 Å². The van der Waals surface area contributed by atoms with Gasteiger partial charge in [-0.05, 0) is 38.6 Å². The van der Waals surface area contributed by atoms with Crippen molar-refractivity contribution in [3.8, 4) is 0 Å². The van der Waals surface area contributed by atoms with Crippen molar-refractivity contribution >= 4 is 32.6 Å². The van der Waals surface area contributed by atoms with E-state index in [1.54, 1.807) is 45.0 Å². The van der Waals surface area contributed by atoms with E-state index < -0.39 is 68.8 Å². The molecule has 9 nitrogen and oxygen atoms in total. The summed E-state index contributed by atoms with van der Waals surface area (Å²) >= 11 is 0. The predicted octanol–water partition coefficient (Wildman–Crippen LogP) is 3.88. The summed E-state index contributed by atoms with van der Waals surface area (Å²) in [6, 6.07) is 6.30. The Bertz CT molecular complexity index is 1200. The third-order valence-corrected chi connectivity index (χ3v) is 6.99. The fourth-order valence-electron chi connectivity index (χ4n) is 3.29.